The minimum Gasteiger partial charge on any atom is -0.506 e. The number of phenols is 1. The molecular weight excluding hydrogens is 504 g/mol. The number of nitrogens with zero attached hydrogens (tertiary/aromatic N) is 3. The first-order valence-electron chi connectivity index (χ1n) is 11.2. The number of anilines is 1. The van der Waals surface area contributed by atoms with Crippen LogP contribution >= 0.6 is 17.0 Å². The van der Waals surface area contributed by atoms with E-state index in [0.717, 1.165) is 24.1 Å². The minimum absolute atomic E-state index is 0. The van der Waals surface area contributed by atoms with Crippen LogP contribution in [-0.2, 0) is 16.1 Å². The van der Waals surface area contributed by atoms with Crippen molar-refractivity contribution in [3.8, 4) is 5.75 Å². The van der Waals surface area contributed by atoms with Crippen molar-refractivity contribution < 1.29 is 24.5 Å². The Hall–Kier alpha value is -2.98. The van der Waals surface area contributed by atoms with Crippen LogP contribution in [0, 0.1) is 5.41 Å². The molecule has 1 aliphatic carbocycles. The van der Waals surface area contributed by atoms with Crippen LogP contribution in [0.15, 0.2) is 30.3 Å². The van der Waals surface area contributed by atoms with Gasteiger partial charge in [-0.05, 0) is 43.5 Å². The Morgan fingerprint density at radius 1 is 1.18 bits per heavy atom. The highest BCUT2D eigenvalue weighted by atomic mass is 79.9. The summed E-state index contributed by atoms with van der Waals surface area (Å²) in [6, 6.07) is 8.80. The fourth-order valence-corrected chi connectivity index (χ4v) is 4.50. The number of phenolic OH excluding ortho intramolecular Hbond substituents is 1. The first kappa shape index (κ1) is 24.2. The second kappa shape index (κ2) is 9.71. The molecule has 1 saturated heterocycles. The summed E-state index contributed by atoms with van der Waals surface area (Å²) in [6.45, 7) is 1.22. The number of aromatic nitrogens is 1. The van der Waals surface area contributed by atoms with E-state index >= 15 is 0 Å². The lowest BCUT2D eigenvalue weighted by Gasteiger charge is -2.21. The molecule has 0 spiro atoms. The molecule has 1 saturated carbocycles. The van der Waals surface area contributed by atoms with E-state index in [1.54, 1.807) is 17.0 Å². The molecule has 3 heterocycles. The van der Waals surface area contributed by atoms with Crippen LogP contribution in [0.1, 0.15) is 52.5 Å². The highest BCUT2D eigenvalue weighted by molar-refractivity contribution is 8.93. The molecule has 1 aromatic carbocycles. The number of carboxylic acids is 1. The number of hydrogen-bond donors (Lipinski definition) is 3. The molecule has 3 N–H and O–H groups in total. The van der Waals surface area contributed by atoms with Crippen molar-refractivity contribution in [2.45, 2.75) is 37.8 Å². The van der Waals surface area contributed by atoms with E-state index in [2.05, 4.69) is 4.98 Å². The van der Waals surface area contributed by atoms with Crippen LogP contribution in [0.5, 0.6) is 5.75 Å². The maximum Gasteiger partial charge on any atom is 0.329 e. The van der Waals surface area contributed by atoms with Crippen molar-refractivity contribution in [3.63, 3.8) is 0 Å². The van der Waals surface area contributed by atoms with E-state index in [0.29, 0.717) is 48.9 Å². The number of ketones is 1. The molecule has 10 heteroatoms. The van der Waals surface area contributed by atoms with Gasteiger partial charge in [0.1, 0.15) is 23.9 Å². The van der Waals surface area contributed by atoms with Gasteiger partial charge >= 0.3 is 5.97 Å². The number of carboxylic acid groups (broad SMARTS) is 1. The van der Waals surface area contributed by atoms with Crippen LogP contribution in [-0.4, -0.2) is 70.0 Å². The number of pyridine rings is 1. The van der Waals surface area contributed by atoms with Crippen LogP contribution in [0.2, 0.25) is 0 Å². The summed E-state index contributed by atoms with van der Waals surface area (Å²) in [7, 11) is 0. The number of aliphatic carboxylic acids is 1. The van der Waals surface area contributed by atoms with Crippen molar-refractivity contribution in [2.75, 3.05) is 31.1 Å². The third-order valence-electron chi connectivity index (χ3n) is 6.46. The molecule has 1 aromatic heterocycles. The van der Waals surface area contributed by atoms with Gasteiger partial charge in [-0.3, -0.25) is 10.2 Å². The maximum absolute atomic E-state index is 13.1. The second-order valence-electron chi connectivity index (χ2n) is 8.91. The number of carbonyl (C=O) groups is 2. The number of amidine groups is 1. The van der Waals surface area contributed by atoms with Gasteiger partial charge in [-0.15, -0.1) is 17.0 Å². The van der Waals surface area contributed by atoms with Crippen molar-refractivity contribution >= 4 is 40.3 Å². The van der Waals surface area contributed by atoms with E-state index in [1.807, 2.05) is 17.0 Å². The number of hydrogen-bond acceptors (Lipinski definition) is 7. The number of Topliss-reactive ketones (excluding diaryl/α,β-unsaturated/α-hetero) is 1. The summed E-state index contributed by atoms with van der Waals surface area (Å²) in [5, 5.41) is 27.7. The second-order valence-corrected chi connectivity index (χ2v) is 8.91. The van der Waals surface area contributed by atoms with Crippen LogP contribution in [0.25, 0.3) is 0 Å². The Morgan fingerprint density at radius 2 is 1.97 bits per heavy atom. The monoisotopic (exact) mass is 530 g/mol. The van der Waals surface area contributed by atoms with Gasteiger partial charge in [0.15, 0.2) is 5.78 Å². The summed E-state index contributed by atoms with van der Waals surface area (Å²) >= 11 is 0. The lowest BCUT2D eigenvalue weighted by molar-refractivity contribution is -0.143. The highest BCUT2D eigenvalue weighted by Gasteiger charge is 2.32. The van der Waals surface area contributed by atoms with Crippen molar-refractivity contribution in [1.82, 2.24) is 9.88 Å². The van der Waals surface area contributed by atoms with Crippen molar-refractivity contribution in [2.24, 2.45) is 0 Å². The zero-order valence-electron chi connectivity index (χ0n) is 18.6. The zero-order chi connectivity index (χ0) is 23.1. The number of aromatic hydroxyl groups is 1. The fourth-order valence-electron chi connectivity index (χ4n) is 4.50. The minimum atomic E-state index is -1.02. The molecule has 0 bridgehead atoms. The number of fused-ring (bicyclic) bond motifs is 1. The molecular formula is C24H27BrN4O5. The average molecular weight is 531 g/mol. The molecule has 0 radical (unpaired) electrons. The van der Waals surface area contributed by atoms with Gasteiger partial charge in [-0.1, -0.05) is 6.07 Å². The SMILES string of the molecule is Br.N=C1c2nc(C3CC3)ccc2CN1CC(=O)c1ccc(O)c(N2CCC(OCC(=O)O)C2)c1. The molecule has 2 aliphatic heterocycles. The number of carbonyl (C=O) groups excluding carboxylic acids is 1. The highest BCUT2D eigenvalue weighted by Crippen LogP contribution is 2.40. The van der Waals surface area contributed by atoms with Gasteiger partial charge in [-0.2, -0.15) is 0 Å². The fraction of sp³-hybridized carbons (Fsp3) is 0.417. The maximum atomic E-state index is 13.1. The van der Waals surface area contributed by atoms with E-state index in [9.17, 15) is 14.7 Å². The van der Waals surface area contributed by atoms with Crippen molar-refractivity contribution in [1.29, 1.82) is 5.41 Å². The molecule has 1 atom stereocenters. The Kier molecular flexibility index (Phi) is 6.90. The van der Waals surface area contributed by atoms with E-state index in [-0.39, 0.29) is 53.6 Å². The van der Waals surface area contributed by atoms with Gasteiger partial charge in [-0.25, -0.2) is 9.78 Å². The lowest BCUT2D eigenvalue weighted by atomic mass is 10.1. The molecule has 2 aromatic rings. The Labute approximate surface area is 207 Å². The standard InChI is InChI=1S/C24H26N4O5.BrH/c25-24-23-16(3-5-18(26-23)14-1-2-14)10-28(24)12-21(30)15-4-6-20(29)19(9-15)27-8-7-17(11-27)33-13-22(31)32;/h3-6,9,14,17,25,29H,1-2,7-8,10-13H2,(H,31,32);1H. The Balaban J connectivity index is 0.00000274. The van der Waals surface area contributed by atoms with Gasteiger partial charge in [0, 0.05) is 42.4 Å². The molecule has 5 rings (SSSR count). The molecule has 34 heavy (non-hydrogen) atoms. The molecule has 3 aliphatic rings. The molecule has 1 unspecified atom stereocenters. The van der Waals surface area contributed by atoms with Crippen LogP contribution < -0.4 is 4.90 Å². The largest absolute Gasteiger partial charge is 0.506 e. The summed E-state index contributed by atoms with van der Waals surface area (Å²) in [6.07, 6.45) is 2.70. The molecule has 9 nitrogen and oxygen atoms in total. The number of nitrogens with one attached hydrogen (secondary N) is 1. The number of benzene rings is 1. The first-order chi connectivity index (χ1) is 15.9. The van der Waals surface area contributed by atoms with Crippen LogP contribution in [0.3, 0.4) is 0 Å². The summed E-state index contributed by atoms with van der Waals surface area (Å²) < 4.78 is 5.37. The summed E-state index contributed by atoms with van der Waals surface area (Å²) in [4.78, 5) is 32.1. The molecule has 180 valence electrons. The normalized spacial score (nSPS) is 19.2. The van der Waals surface area contributed by atoms with Gasteiger partial charge < -0.3 is 24.7 Å². The smallest absolute Gasteiger partial charge is 0.329 e. The van der Waals surface area contributed by atoms with Crippen LogP contribution in [0.4, 0.5) is 5.69 Å². The average Bonchev–Trinajstić information content (AvgIpc) is 3.47. The Morgan fingerprint density at radius 3 is 2.71 bits per heavy atom. The molecule has 2 fully saturated rings. The van der Waals surface area contributed by atoms with E-state index in [4.69, 9.17) is 15.3 Å². The lowest BCUT2D eigenvalue weighted by Crippen LogP contribution is -2.30. The molecule has 0 amide bonds. The zero-order valence-corrected chi connectivity index (χ0v) is 20.3. The van der Waals surface area contributed by atoms with E-state index < -0.39 is 5.97 Å². The summed E-state index contributed by atoms with van der Waals surface area (Å²) in [5.41, 5.74) is 3.65. The Bertz CT molecular complexity index is 1140. The number of ether oxygens (including phenoxy) is 1. The third kappa shape index (κ3) is 4.92. The van der Waals surface area contributed by atoms with Crippen molar-refractivity contribution in [3.05, 3.63) is 52.8 Å². The van der Waals surface area contributed by atoms with Gasteiger partial charge in [0.25, 0.3) is 0 Å². The van der Waals surface area contributed by atoms with Gasteiger partial charge in [0.05, 0.1) is 18.3 Å². The predicted molar refractivity (Wildman–Crippen MR) is 130 cm³/mol. The number of rotatable bonds is 8. The van der Waals surface area contributed by atoms with E-state index in [1.165, 1.54) is 6.07 Å². The predicted octanol–water partition coefficient (Wildman–Crippen LogP) is 2.95. The first-order valence-corrected chi connectivity index (χ1v) is 11.2. The third-order valence-corrected chi connectivity index (χ3v) is 6.46. The summed E-state index contributed by atoms with van der Waals surface area (Å²) in [5.74, 6) is -0.318. The number of halogens is 1. The van der Waals surface area contributed by atoms with Gasteiger partial charge in [0.2, 0.25) is 0 Å². The quantitative estimate of drug-likeness (QED) is 0.444. The topological polar surface area (TPSA) is 127 Å².